The molecular formula is C7H12O3. The highest BCUT2D eigenvalue weighted by atomic mass is 16.6. The zero-order chi connectivity index (χ0) is 7.56. The van der Waals surface area contributed by atoms with E-state index < -0.39 is 0 Å². The first kappa shape index (κ1) is 7.54. The van der Waals surface area contributed by atoms with Crippen molar-refractivity contribution in [1.82, 2.24) is 0 Å². The molecule has 0 aromatic rings. The van der Waals surface area contributed by atoms with Crippen molar-refractivity contribution in [2.75, 3.05) is 7.11 Å². The number of ether oxygens (including phenoxy) is 2. The molecule has 1 aliphatic heterocycles. The van der Waals surface area contributed by atoms with Gasteiger partial charge in [0.05, 0.1) is 13.2 Å². The van der Waals surface area contributed by atoms with Gasteiger partial charge < -0.3 is 9.47 Å². The molecule has 0 amide bonds. The predicted octanol–water partition coefficient (Wildman–Crippen LogP) is 0.727. The van der Waals surface area contributed by atoms with Gasteiger partial charge in [0, 0.05) is 0 Å². The Morgan fingerprint density at radius 2 is 2.30 bits per heavy atom. The maximum Gasteiger partial charge on any atom is 0.334 e. The molecule has 1 fully saturated rings. The lowest BCUT2D eigenvalue weighted by molar-refractivity contribution is -0.152. The lowest BCUT2D eigenvalue weighted by atomic mass is 10.2. The average Bonchev–Trinajstić information content (AvgIpc) is 2.34. The molecule has 0 saturated carbocycles. The SMILES string of the molecule is COC(=O)[C@@H]1CC[C@@H](C)O1. The largest absolute Gasteiger partial charge is 0.467 e. The summed E-state index contributed by atoms with van der Waals surface area (Å²) in [4.78, 5) is 10.8. The second kappa shape index (κ2) is 3.01. The summed E-state index contributed by atoms with van der Waals surface area (Å²) in [6.07, 6.45) is 1.66. The average molecular weight is 144 g/mol. The first-order valence-electron chi connectivity index (χ1n) is 3.47. The van der Waals surface area contributed by atoms with E-state index in [1.54, 1.807) is 0 Å². The Kier molecular flexibility index (Phi) is 2.27. The van der Waals surface area contributed by atoms with E-state index in [2.05, 4.69) is 4.74 Å². The molecule has 0 aromatic heterocycles. The highest BCUT2D eigenvalue weighted by Gasteiger charge is 2.28. The second-order valence-electron chi connectivity index (χ2n) is 2.54. The third kappa shape index (κ3) is 1.48. The lowest BCUT2D eigenvalue weighted by Gasteiger charge is -2.06. The van der Waals surface area contributed by atoms with Crippen molar-refractivity contribution < 1.29 is 14.3 Å². The summed E-state index contributed by atoms with van der Waals surface area (Å²) in [7, 11) is 1.38. The minimum Gasteiger partial charge on any atom is -0.467 e. The van der Waals surface area contributed by atoms with Gasteiger partial charge in [-0.05, 0) is 19.8 Å². The van der Waals surface area contributed by atoms with Crippen LogP contribution in [0.25, 0.3) is 0 Å². The fourth-order valence-electron chi connectivity index (χ4n) is 1.11. The van der Waals surface area contributed by atoms with Gasteiger partial charge in [0.1, 0.15) is 0 Å². The van der Waals surface area contributed by atoms with Crippen LogP contribution in [-0.2, 0) is 14.3 Å². The van der Waals surface area contributed by atoms with Crippen molar-refractivity contribution >= 4 is 5.97 Å². The summed E-state index contributed by atoms with van der Waals surface area (Å²) in [5, 5.41) is 0. The monoisotopic (exact) mass is 144 g/mol. The first-order chi connectivity index (χ1) is 4.74. The Balaban J connectivity index is 2.37. The van der Waals surface area contributed by atoms with Gasteiger partial charge >= 0.3 is 5.97 Å². The summed E-state index contributed by atoms with van der Waals surface area (Å²) in [5.74, 6) is -0.246. The van der Waals surface area contributed by atoms with E-state index in [0.29, 0.717) is 0 Å². The van der Waals surface area contributed by atoms with Gasteiger partial charge in [-0.25, -0.2) is 4.79 Å². The number of rotatable bonds is 1. The summed E-state index contributed by atoms with van der Waals surface area (Å²) >= 11 is 0. The molecule has 2 atom stereocenters. The molecule has 1 rings (SSSR count). The van der Waals surface area contributed by atoms with Crippen LogP contribution in [0.5, 0.6) is 0 Å². The third-order valence-electron chi connectivity index (χ3n) is 1.70. The highest BCUT2D eigenvalue weighted by molar-refractivity contribution is 5.74. The molecule has 3 nitrogen and oxygen atoms in total. The van der Waals surface area contributed by atoms with Gasteiger partial charge in [0.2, 0.25) is 0 Å². The second-order valence-corrected chi connectivity index (χ2v) is 2.54. The van der Waals surface area contributed by atoms with Gasteiger partial charge in [-0.2, -0.15) is 0 Å². The van der Waals surface area contributed by atoms with E-state index in [0.717, 1.165) is 12.8 Å². The number of carbonyl (C=O) groups is 1. The van der Waals surface area contributed by atoms with E-state index in [1.807, 2.05) is 6.92 Å². The zero-order valence-electron chi connectivity index (χ0n) is 6.29. The predicted molar refractivity (Wildman–Crippen MR) is 35.6 cm³/mol. The molecule has 0 bridgehead atoms. The minimum absolute atomic E-state index is 0.212. The van der Waals surface area contributed by atoms with Gasteiger partial charge in [-0.15, -0.1) is 0 Å². The maximum absolute atomic E-state index is 10.8. The van der Waals surface area contributed by atoms with Crippen molar-refractivity contribution in [2.45, 2.75) is 32.0 Å². The van der Waals surface area contributed by atoms with Gasteiger partial charge in [0.25, 0.3) is 0 Å². The smallest absolute Gasteiger partial charge is 0.334 e. The summed E-state index contributed by atoms with van der Waals surface area (Å²) < 4.78 is 9.76. The number of esters is 1. The molecule has 1 saturated heterocycles. The molecule has 0 unspecified atom stereocenters. The summed E-state index contributed by atoms with van der Waals surface area (Å²) in [6.45, 7) is 1.96. The van der Waals surface area contributed by atoms with Crippen molar-refractivity contribution in [3.63, 3.8) is 0 Å². The molecule has 0 N–H and O–H groups in total. The molecule has 0 spiro atoms. The molecule has 3 heteroatoms. The van der Waals surface area contributed by atoms with Crippen LogP contribution in [0.1, 0.15) is 19.8 Å². The standard InChI is InChI=1S/C7H12O3/c1-5-3-4-6(10-5)7(8)9-2/h5-6H,3-4H2,1-2H3/t5-,6+/m1/s1. The topological polar surface area (TPSA) is 35.5 Å². The molecule has 58 valence electrons. The first-order valence-corrected chi connectivity index (χ1v) is 3.47. The third-order valence-corrected chi connectivity index (χ3v) is 1.70. The lowest BCUT2D eigenvalue weighted by Crippen LogP contribution is -2.21. The van der Waals surface area contributed by atoms with Crippen LogP contribution in [0.3, 0.4) is 0 Å². The fourth-order valence-corrected chi connectivity index (χ4v) is 1.11. The quantitative estimate of drug-likeness (QED) is 0.509. The summed E-state index contributed by atoms with van der Waals surface area (Å²) in [6, 6.07) is 0. The van der Waals surface area contributed by atoms with Gasteiger partial charge in [0.15, 0.2) is 6.10 Å². The van der Waals surface area contributed by atoms with Crippen molar-refractivity contribution in [1.29, 1.82) is 0 Å². The maximum atomic E-state index is 10.8. The Hall–Kier alpha value is -0.570. The van der Waals surface area contributed by atoms with E-state index >= 15 is 0 Å². The molecule has 0 radical (unpaired) electrons. The van der Waals surface area contributed by atoms with Crippen molar-refractivity contribution in [3.05, 3.63) is 0 Å². The fraction of sp³-hybridized carbons (Fsp3) is 0.857. The summed E-state index contributed by atoms with van der Waals surface area (Å²) in [5.41, 5.74) is 0. The number of carbonyl (C=O) groups excluding carboxylic acids is 1. The number of hydrogen-bond donors (Lipinski definition) is 0. The van der Waals surface area contributed by atoms with Crippen LogP contribution < -0.4 is 0 Å². The number of hydrogen-bond acceptors (Lipinski definition) is 3. The normalized spacial score (nSPS) is 32.2. The van der Waals surface area contributed by atoms with E-state index in [9.17, 15) is 4.79 Å². The molecule has 0 aromatic carbocycles. The van der Waals surface area contributed by atoms with Crippen LogP contribution >= 0.6 is 0 Å². The molecule has 1 aliphatic rings. The zero-order valence-corrected chi connectivity index (χ0v) is 6.29. The van der Waals surface area contributed by atoms with E-state index in [-0.39, 0.29) is 18.2 Å². The van der Waals surface area contributed by atoms with Crippen LogP contribution in [0, 0.1) is 0 Å². The Morgan fingerprint density at radius 1 is 1.60 bits per heavy atom. The Labute approximate surface area is 60.3 Å². The van der Waals surface area contributed by atoms with Crippen LogP contribution in [0.15, 0.2) is 0 Å². The van der Waals surface area contributed by atoms with E-state index in [1.165, 1.54) is 7.11 Å². The van der Waals surface area contributed by atoms with Crippen LogP contribution in [0.4, 0.5) is 0 Å². The van der Waals surface area contributed by atoms with Crippen molar-refractivity contribution in [2.24, 2.45) is 0 Å². The Bertz CT molecular complexity index is 133. The van der Waals surface area contributed by atoms with Gasteiger partial charge in [-0.3, -0.25) is 0 Å². The minimum atomic E-state index is -0.306. The molecule has 1 heterocycles. The Morgan fingerprint density at radius 3 is 2.70 bits per heavy atom. The van der Waals surface area contributed by atoms with Gasteiger partial charge in [-0.1, -0.05) is 0 Å². The van der Waals surface area contributed by atoms with Crippen LogP contribution in [0.2, 0.25) is 0 Å². The van der Waals surface area contributed by atoms with Crippen LogP contribution in [-0.4, -0.2) is 25.3 Å². The van der Waals surface area contributed by atoms with Crippen molar-refractivity contribution in [3.8, 4) is 0 Å². The molecular weight excluding hydrogens is 132 g/mol. The number of methoxy groups -OCH3 is 1. The highest BCUT2D eigenvalue weighted by Crippen LogP contribution is 2.19. The van der Waals surface area contributed by atoms with E-state index in [4.69, 9.17) is 4.74 Å². The molecule has 0 aliphatic carbocycles. The molecule has 10 heavy (non-hydrogen) atoms.